The fraction of sp³-hybridized carbons (Fsp3) is 0.478. The van der Waals surface area contributed by atoms with Gasteiger partial charge in [0.15, 0.2) is 5.65 Å². The predicted molar refractivity (Wildman–Crippen MR) is 119 cm³/mol. The summed E-state index contributed by atoms with van der Waals surface area (Å²) in [6.07, 6.45) is 11.2. The predicted octanol–water partition coefficient (Wildman–Crippen LogP) is 2.92. The Morgan fingerprint density at radius 2 is 1.77 bits per heavy atom. The van der Waals surface area contributed by atoms with Crippen LogP contribution in [-0.2, 0) is 13.5 Å². The van der Waals surface area contributed by atoms with Crippen molar-refractivity contribution in [1.82, 2.24) is 24.1 Å². The summed E-state index contributed by atoms with van der Waals surface area (Å²) >= 11 is 0. The number of nitrogens with zero attached hydrogens (tertiary/aromatic N) is 6. The van der Waals surface area contributed by atoms with Crippen molar-refractivity contribution in [1.29, 1.82) is 0 Å². The second kappa shape index (κ2) is 8.17. The molecule has 0 bridgehead atoms. The van der Waals surface area contributed by atoms with E-state index in [1.165, 1.54) is 28.3 Å². The fourth-order valence-electron chi connectivity index (χ4n) is 4.70. The van der Waals surface area contributed by atoms with Crippen molar-refractivity contribution in [2.75, 3.05) is 24.5 Å². The quantitative estimate of drug-likeness (QED) is 0.637. The minimum Gasteiger partial charge on any atom is -0.339 e. The first kappa shape index (κ1) is 19.8. The highest BCUT2D eigenvalue weighted by atomic mass is 16.2. The number of hydrogen-bond acceptors (Lipinski definition) is 5. The average molecular weight is 421 g/mol. The Labute approximate surface area is 181 Å². The summed E-state index contributed by atoms with van der Waals surface area (Å²) in [4.78, 5) is 34.1. The maximum atomic E-state index is 13.1. The standard InChI is InChI=1S/C23H28N6O2/c1-26-23(31)29-13-9-19(15-20(29)25-26)28-12-7-8-17-14-18(16-24-21(17)28)22(30)27-10-5-3-2-4-6-11-27/h9,13-16H,2-8,10-12H2,1H3. The summed E-state index contributed by atoms with van der Waals surface area (Å²) in [7, 11) is 1.65. The maximum absolute atomic E-state index is 13.1. The molecule has 0 atom stereocenters. The lowest BCUT2D eigenvalue weighted by atomic mass is 10.0. The number of aromatic nitrogens is 4. The summed E-state index contributed by atoms with van der Waals surface area (Å²) in [5.41, 5.74) is 3.19. The van der Waals surface area contributed by atoms with E-state index in [-0.39, 0.29) is 11.6 Å². The van der Waals surface area contributed by atoms with Crippen LogP contribution in [0.5, 0.6) is 0 Å². The van der Waals surface area contributed by atoms with E-state index in [0.29, 0.717) is 11.2 Å². The van der Waals surface area contributed by atoms with Gasteiger partial charge in [-0.3, -0.25) is 9.20 Å². The molecule has 0 radical (unpaired) electrons. The third-order valence-corrected chi connectivity index (χ3v) is 6.38. The topological polar surface area (TPSA) is 75.7 Å². The van der Waals surface area contributed by atoms with Crippen LogP contribution in [0.15, 0.2) is 35.4 Å². The number of rotatable bonds is 2. The molecule has 1 saturated heterocycles. The molecule has 3 aromatic rings. The first-order chi connectivity index (χ1) is 15.1. The SMILES string of the molecule is Cn1nc2cc(N3CCCc4cc(C(=O)N5CCCCCCC5)cnc43)ccn2c1=O. The number of anilines is 2. The highest BCUT2D eigenvalue weighted by Gasteiger charge is 2.24. The van der Waals surface area contributed by atoms with E-state index in [9.17, 15) is 9.59 Å². The Balaban J connectivity index is 1.44. The number of aryl methyl sites for hydroxylation is 2. The van der Waals surface area contributed by atoms with Gasteiger partial charge in [0, 0.05) is 50.8 Å². The van der Waals surface area contributed by atoms with E-state index in [0.717, 1.165) is 62.4 Å². The summed E-state index contributed by atoms with van der Waals surface area (Å²) in [6.45, 7) is 2.52. The smallest absolute Gasteiger partial charge is 0.339 e. The second-order valence-corrected chi connectivity index (χ2v) is 8.54. The molecule has 162 valence electrons. The van der Waals surface area contributed by atoms with Gasteiger partial charge in [-0.25, -0.2) is 14.5 Å². The zero-order valence-corrected chi connectivity index (χ0v) is 18.0. The van der Waals surface area contributed by atoms with Crippen LogP contribution in [0.3, 0.4) is 0 Å². The van der Waals surface area contributed by atoms with E-state index >= 15 is 0 Å². The van der Waals surface area contributed by atoms with Crippen molar-refractivity contribution in [3.63, 3.8) is 0 Å². The Morgan fingerprint density at radius 3 is 2.58 bits per heavy atom. The van der Waals surface area contributed by atoms with Crippen molar-refractivity contribution >= 4 is 23.1 Å². The molecule has 2 aliphatic heterocycles. The zero-order valence-electron chi connectivity index (χ0n) is 18.0. The molecule has 0 aromatic carbocycles. The largest absolute Gasteiger partial charge is 0.350 e. The van der Waals surface area contributed by atoms with Gasteiger partial charge in [0.1, 0.15) is 5.82 Å². The highest BCUT2D eigenvalue weighted by molar-refractivity contribution is 5.94. The maximum Gasteiger partial charge on any atom is 0.350 e. The van der Waals surface area contributed by atoms with Crippen LogP contribution < -0.4 is 10.6 Å². The van der Waals surface area contributed by atoms with Crippen molar-refractivity contribution in [2.24, 2.45) is 7.05 Å². The van der Waals surface area contributed by atoms with Crippen LogP contribution >= 0.6 is 0 Å². The monoisotopic (exact) mass is 420 g/mol. The van der Waals surface area contributed by atoms with Crippen LogP contribution in [0, 0.1) is 0 Å². The lowest BCUT2D eigenvalue weighted by Crippen LogP contribution is -2.34. The molecule has 1 fully saturated rings. The first-order valence-corrected chi connectivity index (χ1v) is 11.2. The normalized spacial score (nSPS) is 17.3. The third kappa shape index (κ3) is 3.71. The van der Waals surface area contributed by atoms with Gasteiger partial charge in [0.25, 0.3) is 5.91 Å². The fourth-order valence-corrected chi connectivity index (χ4v) is 4.70. The minimum absolute atomic E-state index is 0.101. The minimum atomic E-state index is -0.161. The highest BCUT2D eigenvalue weighted by Crippen LogP contribution is 2.32. The van der Waals surface area contributed by atoms with Gasteiger partial charge >= 0.3 is 5.69 Å². The van der Waals surface area contributed by atoms with Gasteiger partial charge in [0.2, 0.25) is 0 Å². The van der Waals surface area contributed by atoms with Crippen LogP contribution in [0.4, 0.5) is 11.5 Å². The van der Waals surface area contributed by atoms with Crippen LogP contribution in [0.1, 0.15) is 54.4 Å². The van der Waals surface area contributed by atoms with Crippen molar-refractivity contribution in [3.8, 4) is 0 Å². The molecular weight excluding hydrogens is 392 g/mol. The number of hydrogen-bond donors (Lipinski definition) is 0. The van der Waals surface area contributed by atoms with Gasteiger partial charge in [-0.15, -0.1) is 0 Å². The number of amides is 1. The first-order valence-electron chi connectivity index (χ1n) is 11.2. The summed E-state index contributed by atoms with van der Waals surface area (Å²) in [6, 6.07) is 5.86. The van der Waals surface area contributed by atoms with Crippen molar-refractivity contribution < 1.29 is 4.79 Å². The molecule has 5 heterocycles. The molecule has 5 rings (SSSR count). The molecule has 0 N–H and O–H groups in total. The number of carbonyl (C=O) groups excluding carboxylic acids is 1. The molecule has 1 amide bonds. The van der Waals surface area contributed by atoms with Gasteiger partial charge < -0.3 is 9.80 Å². The van der Waals surface area contributed by atoms with E-state index in [1.54, 1.807) is 19.4 Å². The van der Waals surface area contributed by atoms with Gasteiger partial charge in [0.05, 0.1) is 5.56 Å². The summed E-state index contributed by atoms with van der Waals surface area (Å²) < 4.78 is 2.87. The Kier molecular flexibility index (Phi) is 5.21. The molecule has 0 unspecified atom stereocenters. The molecule has 8 nitrogen and oxygen atoms in total. The summed E-state index contributed by atoms with van der Waals surface area (Å²) in [5, 5.41) is 4.30. The van der Waals surface area contributed by atoms with E-state index < -0.39 is 0 Å². The molecule has 3 aromatic heterocycles. The molecular formula is C23H28N6O2. The average Bonchev–Trinajstić information content (AvgIpc) is 3.05. The van der Waals surface area contributed by atoms with Crippen molar-refractivity contribution in [2.45, 2.75) is 44.9 Å². The van der Waals surface area contributed by atoms with Gasteiger partial charge in [-0.05, 0) is 43.4 Å². The Morgan fingerprint density at radius 1 is 1.00 bits per heavy atom. The van der Waals surface area contributed by atoms with Gasteiger partial charge in [-0.1, -0.05) is 19.3 Å². The number of pyridine rings is 2. The third-order valence-electron chi connectivity index (χ3n) is 6.38. The molecule has 8 heteroatoms. The van der Waals surface area contributed by atoms with Crippen LogP contribution in [0.2, 0.25) is 0 Å². The zero-order chi connectivity index (χ0) is 21.4. The van der Waals surface area contributed by atoms with Crippen LogP contribution in [0.25, 0.3) is 5.65 Å². The number of likely N-dealkylation sites (tertiary alicyclic amines) is 1. The van der Waals surface area contributed by atoms with E-state index in [1.807, 2.05) is 23.1 Å². The Hall–Kier alpha value is -3.16. The summed E-state index contributed by atoms with van der Waals surface area (Å²) in [5.74, 6) is 0.988. The molecule has 2 aliphatic rings. The van der Waals surface area contributed by atoms with Crippen LogP contribution in [-0.4, -0.2) is 49.6 Å². The molecule has 0 aliphatic carbocycles. The van der Waals surface area contributed by atoms with Gasteiger partial charge in [-0.2, -0.15) is 5.10 Å². The lowest BCUT2D eigenvalue weighted by molar-refractivity contribution is 0.0742. The molecule has 31 heavy (non-hydrogen) atoms. The molecule has 0 saturated carbocycles. The Bertz CT molecular complexity index is 1170. The molecule has 0 spiro atoms. The van der Waals surface area contributed by atoms with E-state index in [4.69, 9.17) is 4.98 Å². The lowest BCUT2D eigenvalue weighted by Gasteiger charge is -2.31. The number of fused-ring (bicyclic) bond motifs is 2. The number of carbonyl (C=O) groups is 1. The second-order valence-electron chi connectivity index (χ2n) is 8.54. The van der Waals surface area contributed by atoms with E-state index in [2.05, 4.69) is 10.00 Å². The van der Waals surface area contributed by atoms with Crippen molar-refractivity contribution in [3.05, 3.63) is 52.2 Å².